The number of pyridine rings is 1. The average molecular weight is 557 g/mol. The molecular formula is C26H32N6O6S. The Kier molecular flexibility index (Phi) is 8.82. The van der Waals surface area contributed by atoms with E-state index >= 15 is 0 Å². The van der Waals surface area contributed by atoms with Crippen molar-refractivity contribution in [1.29, 1.82) is 0 Å². The molecule has 1 N–H and O–H groups in total. The molecule has 0 unspecified atom stereocenters. The van der Waals surface area contributed by atoms with Gasteiger partial charge in [0.15, 0.2) is 11.5 Å². The van der Waals surface area contributed by atoms with Crippen LogP contribution in [0.25, 0.3) is 11.1 Å². The van der Waals surface area contributed by atoms with Crippen LogP contribution in [0.1, 0.15) is 23.0 Å². The van der Waals surface area contributed by atoms with E-state index in [1.807, 2.05) is 29.8 Å². The van der Waals surface area contributed by atoms with Gasteiger partial charge >= 0.3 is 0 Å². The van der Waals surface area contributed by atoms with Gasteiger partial charge in [-0.3, -0.25) is 14.7 Å². The number of ether oxygens (including phenoxy) is 3. The van der Waals surface area contributed by atoms with Crippen LogP contribution in [0.3, 0.4) is 0 Å². The maximum atomic E-state index is 12.0. The Morgan fingerprint density at radius 1 is 0.974 bits per heavy atom. The molecule has 0 spiro atoms. The normalized spacial score (nSPS) is 14.1. The Labute approximate surface area is 228 Å². The number of aromatic nitrogens is 3. The van der Waals surface area contributed by atoms with Crippen molar-refractivity contribution in [2.75, 3.05) is 58.2 Å². The second kappa shape index (κ2) is 12.3. The van der Waals surface area contributed by atoms with Crippen LogP contribution < -0.4 is 23.8 Å². The predicted molar refractivity (Wildman–Crippen MR) is 146 cm³/mol. The Balaban J connectivity index is 1.43. The van der Waals surface area contributed by atoms with E-state index in [1.54, 1.807) is 32.7 Å². The predicted octanol–water partition coefficient (Wildman–Crippen LogP) is 1.97. The van der Waals surface area contributed by atoms with Crippen LogP contribution in [0, 0.1) is 0 Å². The van der Waals surface area contributed by atoms with Crippen molar-refractivity contribution >= 4 is 21.7 Å². The topological polar surface area (TPSA) is 136 Å². The van der Waals surface area contributed by atoms with E-state index in [1.165, 1.54) is 6.07 Å². The molecule has 208 valence electrons. The number of methoxy groups -OCH3 is 2. The molecule has 1 amide bonds. The van der Waals surface area contributed by atoms with E-state index in [2.05, 4.69) is 25.0 Å². The molecule has 13 heteroatoms. The highest BCUT2D eigenvalue weighted by atomic mass is 32.2. The molecule has 3 heterocycles. The van der Waals surface area contributed by atoms with Gasteiger partial charge in [0.25, 0.3) is 5.91 Å². The molecular weight excluding hydrogens is 524 g/mol. The van der Waals surface area contributed by atoms with Gasteiger partial charge in [-0.15, -0.1) is 10.2 Å². The molecule has 4 rings (SSSR count). The van der Waals surface area contributed by atoms with E-state index in [4.69, 9.17) is 14.2 Å². The Bertz CT molecular complexity index is 1380. The fourth-order valence-electron chi connectivity index (χ4n) is 4.32. The Morgan fingerprint density at radius 2 is 1.67 bits per heavy atom. The summed E-state index contributed by atoms with van der Waals surface area (Å²) in [5.74, 6) is 1.96. The summed E-state index contributed by atoms with van der Waals surface area (Å²) in [5.41, 5.74) is 2.70. The first-order chi connectivity index (χ1) is 18.7. The zero-order chi connectivity index (χ0) is 28.0. The van der Waals surface area contributed by atoms with Gasteiger partial charge in [-0.25, -0.2) is 13.1 Å². The van der Waals surface area contributed by atoms with Gasteiger partial charge in [-0.05, 0) is 42.8 Å². The average Bonchev–Trinajstić information content (AvgIpc) is 2.93. The van der Waals surface area contributed by atoms with Crippen molar-refractivity contribution in [3.63, 3.8) is 0 Å². The summed E-state index contributed by atoms with van der Waals surface area (Å²) in [5, 5.41) is 8.01. The lowest BCUT2D eigenvalue weighted by Crippen LogP contribution is -2.46. The fourth-order valence-corrected chi connectivity index (χ4v) is 4.76. The second-order valence-electron chi connectivity index (χ2n) is 8.94. The third kappa shape index (κ3) is 7.12. The summed E-state index contributed by atoms with van der Waals surface area (Å²) in [6.07, 6.45) is 4.37. The standard InChI is InChI=1S/C26H32N6O6S/c1-5-38-20-12-19(15-27-16-20)18-13-23(36-2)21(24(14-18)37-3)17-31-8-10-32(11-9-31)25-7-6-22(28-29-25)26(33)30-39(4,34)35/h6-7,12-16H,5,8-11,17H2,1-4H3,(H,30,33). The highest BCUT2D eigenvalue weighted by Crippen LogP contribution is 2.36. The lowest BCUT2D eigenvalue weighted by atomic mass is 10.0. The van der Waals surface area contributed by atoms with E-state index in [9.17, 15) is 13.2 Å². The number of amides is 1. The monoisotopic (exact) mass is 556 g/mol. The van der Waals surface area contributed by atoms with Gasteiger partial charge in [0, 0.05) is 44.5 Å². The van der Waals surface area contributed by atoms with E-state index in [0.717, 1.165) is 47.5 Å². The molecule has 2 aromatic heterocycles. The first-order valence-corrected chi connectivity index (χ1v) is 14.3. The summed E-state index contributed by atoms with van der Waals surface area (Å²) in [4.78, 5) is 20.6. The molecule has 0 aliphatic carbocycles. The number of nitrogens with one attached hydrogen (secondary N) is 1. The lowest BCUT2D eigenvalue weighted by molar-refractivity contribution is 0.0976. The molecule has 0 saturated carbocycles. The van der Waals surface area contributed by atoms with E-state index < -0.39 is 15.9 Å². The van der Waals surface area contributed by atoms with Gasteiger partial charge < -0.3 is 19.1 Å². The number of anilines is 1. The van der Waals surface area contributed by atoms with Crippen molar-refractivity contribution in [1.82, 2.24) is 24.8 Å². The number of carbonyl (C=O) groups excluding carboxylic acids is 1. The van der Waals surface area contributed by atoms with Crippen LogP contribution in [-0.2, 0) is 16.6 Å². The van der Waals surface area contributed by atoms with Crippen LogP contribution in [0.2, 0.25) is 0 Å². The molecule has 39 heavy (non-hydrogen) atoms. The smallest absolute Gasteiger partial charge is 0.285 e. The second-order valence-corrected chi connectivity index (χ2v) is 10.7. The number of sulfonamides is 1. The Hall–Kier alpha value is -3.97. The molecule has 3 aromatic rings. The van der Waals surface area contributed by atoms with E-state index in [-0.39, 0.29) is 5.69 Å². The molecule has 1 aromatic carbocycles. The summed E-state index contributed by atoms with van der Waals surface area (Å²) in [7, 11) is -0.382. The van der Waals surface area contributed by atoms with Crippen molar-refractivity contribution in [3.05, 3.63) is 54.0 Å². The zero-order valence-electron chi connectivity index (χ0n) is 22.4. The fraction of sp³-hybridized carbons (Fsp3) is 0.385. The summed E-state index contributed by atoms with van der Waals surface area (Å²) < 4.78 is 41.5. The largest absolute Gasteiger partial charge is 0.496 e. The third-order valence-corrected chi connectivity index (χ3v) is 6.76. The minimum Gasteiger partial charge on any atom is -0.496 e. The van der Waals surface area contributed by atoms with Crippen molar-refractivity contribution in [2.24, 2.45) is 0 Å². The van der Waals surface area contributed by atoms with Crippen LogP contribution in [0.4, 0.5) is 5.82 Å². The number of hydrogen-bond acceptors (Lipinski definition) is 11. The molecule has 0 bridgehead atoms. The van der Waals surface area contributed by atoms with Crippen molar-refractivity contribution in [2.45, 2.75) is 13.5 Å². The zero-order valence-corrected chi connectivity index (χ0v) is 23.2. The Morgan fingerprint density at radius 3 is 2.23 bits per heavy atom. The van der Waals surface area contributed by atoms with Gasteiger partial charge in [0.2, 0.25) is 10.0 Å². The number of nitrogens with zero attached hydrogens (tertiary/aromatic N) is 5. The van der Waals surface area contributed by atoms with Gasteiger partial charge in [-0.1, -0.05) is 0 Å². The molecule has 1 aliphatic heterocycles. The summed E-state index contributed by atoms with van der Waals surface area (Å²) in [6, 6.07) is 9.04. The third-order valence-electron chi connectivity index (χ3n) is 6.20. The van der Waals surface area contributed by atoms with Crippen LogP contribution in [-0.4, -0.2) is 87.7 Å². The molecule has 1 aliphatic rings. The number of piperazine rings is 1. The van der Waals surface area contributed by atoms with Gasteiger partial charge in [-0.2, -0.15) is 0 Å². The summed E-state index contributed by atoms with van der Waals surface area (Å²) >= 11 is 0. The number of carbonyl (C=O) groups is 1. The highest BCUT2D eigenvalue weighted by Gasteiger charge is 2.23. The first-order valence-electron chi connectivity index (χ1n) is 12.4. The SMILES string of the molecule is CCOc1cncc(-c2cc(OC)c(CN3CCN(c4ccc(C(=O)NS(C)(=O)=O)nn4)CC3)c(OC)c2)c1. The minimum atomic E-state index is -3.67. The molecule has 0 atom stereocenters. The summed E-state index contributed by atoms with van der Waals surface area (Å²) in [6.45, 7) is 6.03. The maximum Gasteiger partial charge on any atom is 0.285 e. The van der Waals surface area contributed by atoms with Gasteiger partial charge in [0.05, 0.1) is 38.8 Å². The lowest BCUT2D eigenvalue weighted by Gasteiger charge is -2.35. The first kappa shape index (κ1) is 28.0. The number of hydrogen-bond donors (Lipinski definition) is 1. The maximum absolute atomic E-state index is 12.0. The number of benzene rings is 1. The minimum absolute atomic E-state index is 0.0640. The molecule has 1 fully saturated rings. The van der Waals surface area contributed by atoms with Crippen molar-refractivity contribution in [3.8, 4) is 28.4 Å². The van der Waals surface area contributed by atoms with Crippen molar-refractivity contribution < 1.29 is 27.4 Å². The molecule has 12 nitrogen and oxygen atoms in total. The molecule has 1 saturated heterocycles. The van der Waals surface area contributed by atoms with Crippen LogP contribution in [0.5, 0.6) is 17.2 Å². The van der Waals surface area contributed by atoms with E-state index in [0.29, 0.717) is 37.8 Å². The van der Waals surface area contributed by atoms with Gasteiger partial charge in [0.1, 0.15) is 17.2 Å². The van der Waals surface area contributed by atoms with Crippen LogP contribution >= 0.6 is 0 Å². The molecule has 0 radical (unpaired) electrons. The number of rotatable bonds is 10. The quantitative estimate of drug-likeness (QED) is 0.392. The van der Waals surface area contributed by atoms with Crippen LogP contribution in [0.15, 0.2) is 42.7 Å². The highest BCUT2D eigenvalue weighted by molar-refractivity contribution is 7.89.